The summed E-state index contributed by atoms with van der Waals surface area (Å²) >= 11 is 0. The second-order valence-corrected chi connectivity index (χ2v) is 4.58. The maximum absolute atomic E-state index is 9.56. The quantitative estimate of drug-likeness (QED) is 0.701. The van der Waals surface area contributed by atoms with Crippen LogP contribution in [0.3, 0.4) is 0 Å². The van der Waals surface area contributed by atoms with Gasteiger partial charge in [-0.1, -0.05) is 13.8 Å². The van der Waals surface area contributed by atoms with Crippen molar-refractivity contribution in [2.75, 3.05) is 26.2 Å². The Morgan fingerprint density at radius 2 is 2.29 bits per heavy atom. The van der Waals surface area contributed by atoms with E-state index in [1.165, 1.54) is 6.42 Å². The number of aliphatic hydroxyl groups excluding tert-OH is 1. The second-order valence-electron chi connectivity index (χ2n) is 4.58. The lowest BCUT2D eigenvalue weighted by atomic mass is 9.87. The third-order valence-electron chi connectivity index (χ3n) is 3.44. The van der Waals surface area contributed by atoms with Gasteiger partial charge in [-0.05, 0) is 37.8 Å². The SMILES string of the molecule is CCC(O)CN1CCC(C)C(CN)C1. The first-order chi connectivity index (χ1) is 6.67. The summed E-state index contributed by atoms with van der Waals surface area (Å²) in [6, 6.07) is 0. The number of hydrogen-bond donors (Lipinski definition) is 2. The largest absolute Gasteiger partial charge is 0.392 e. The van der Waals surface area contributed by atoms with Crippen LogP contribution in [-0.4, -0.2) is 42.3 Å². The van der Waals surface area contributed by atoms with Crippen molar-refractivity contribution in [2.24, 2.45) is 17.6 Å². The summed E-state index contributed by atoms with van der Waals surface area (Å²) < 4.78 is 0. The third kappa shape index (κ3) is 3.23. The van der Waals surface area contributed by atoms with Crippen molar-refractivity contribution < 1.29 is 5.11 Å². The Bertz CT molecular complexity index is 163. The first-order valence-electron chi connectivity index (χ1n) is 5.77. The van der Waals surface area contributed by atoms with Gasteiger partial charge in [-0.15, -0.1) is 0 Å². The van der Waals surface area contributed by atoms with Gasteiger partial charge in [0.15, 0.2) is 0 Å². The molecular weight excluding hydrogens is 176 g/mol. The van der Waals surface area contributed by atoms with Gasteiger partial charge in [-0.3, -0.25) is 0 Å². The van der Waals surface area contributed by atoms with Crippen LogP contribution in [0.25, 0.3) is 0 Å². The third-order valence-corrected chi connectivity index (χ3v) is 3.44. The molecular formula is C11H24N2O. The van der Waals surface area contributed by atoms with E-state index in [1.807, 2.05) is 6.92 Å². The van der Waals surface area contributed by atoms with E-state index >= 15 is 0 Å². The molecule has 1 rings (SSSR count). The number of aliphatic hydroxyl groups is 1. The van der Waals surface area contributed by atoms with Crippen LogP contribution in [0.5, 0.6) is 0 Å². The summed E-state index contributed by atoms with van der Waals surface area (Å²) in [5.41, 5.74) is 5.73. The molecule has 0 aromatic carbocycles. The van der Waals surface area contributed by atoms with Crippen molar-refractivity contribution in [1.29, 1.82) is 0 Å². The van der Waals surface area contributed by atoms with Crippen LogP contribution in [0, 0.1) is 11.8 Å². The smallest absolute Gasteiger partial charge is 0.0664 e. The lowest BCUT2D eigenvalue weighted by molar-refractivity contribution is 0.0664. The van der Waals surface area contributed by atoms with Crippen molar-refractivity contribution >= 4 is 0 Å². The van der Waals surface area contributed by atoms with Gasteiger partial charge in [-0.2, -0.15) is 0 Å². The summed E-state index contributed by atoms with van der Waals surface area (Å²) in [5.74, 6) is 1.36. The van der Waals surface area contributed by atoms with Crippen molar-refractivity contribution in [3.63, 3.8) is 0 Å². The fourth-order valence-corrected chi connectivity index (χ4v) is 2.12. The Kier molecular flexibility index (Phi) is 4.85. The molecule has 14 heavy (non-hydrogen) atoms. The number of piperidine rings is 1. The van der Waals surface area contributed by atoms with Crippen LogP contribution >= 0.6 is 0 Å². The number of hydrogen-bond acceptors (Lipinski definition) is 3. The molecule has 1 saturated heterocycles. The number of nitrogens with two attached hydrogens (primary N) is 1. The molecule has 0 amide bonds. The Morgan fingerprint density at radius 1 is 1.57 bits per heavy atom. The Balaban J connectivity index is 2.34. The first kappa shape index (κ1) is 12.0. The summed E-state index contributed by atoms with van der Waals surface area (Å²) in [6.07, 6.45) is 1.90. The van der Waals surface area contributed by atoms with Gasteiger partial charge in [0.2, 0.25) is 0 Å². The van der Waals surface area contributed by atoms with Crippen LogP contribution in [0.1, 0.15) is 26.7 Å². The zero-order chi connectivity index (χ0) is 10.6. The highest BCUT2D eigenvalue weighted by molar-refractivity contribution is 4.79. The molecule has 0 saturated carbocycles. The Morgan fingerprint density at radius 3 is 2.86 bits per heavy atom. The first-order valence-corrected chi connectivity index (χ1v) is 5.77. The van der Waals surface area contributed by atoms with E-state index in [9.17, 15) is 5.11 Å². The Hall–Kier alpha value is -0.120. The maximum Gasteiger partial charge on any atom is 0.0664 e. The van der Waals surface area contributed by atoms with Crippen LogP contribution in [0.2, 0.25) is 0 Å². The zero-order valence-electron chi connectivity index (χ0n) is 9.45. The van der Waals surface area contributed by atoms with Crippen molar-refractivity contribution in [3.05, 3.63) is 0 Å². The normalized spacial score (nSPS) is 31.7. The Labute approximate surface area is 87.3 Å². The van der Waals surface area contributed by atoms with Gasteiger partial charge in [-0.25, -0.2) is 0 Å². The molecule has 3 heteroatoms. The molecule has 0 aromatic heterocycles. The average molecular weight is 200 g/mol. The molecule has 3 nitrogen and oxygen atoms in total. The molecule has 1 aliphatic heterocycles. The molecule has 0 spiro atoms. The summed E-state index contributed by atoms with van der Waals surface area (Å²) in [5, 5.41) is 9.56. The van der Waals surface area contributed by atoms with E-state index in [1.54, 1.807) is 0 Å². The lowest BCUT2D eigenvalue weighted by Gasteiger charge is -2.37. The van der Waals surface area contributed by atoms with E-state index < -0.39 is 0 Å². The van der Waals surface area contributed by atoms with Gasteiger partial charge < -0.3 is 15.7 Å². The van der Waals surface area contributed by atoms with Gasteiger partial charge >= 0.3 is 0 Å². The minimum atomic E-state index is -0.165. The van der Waals surface area contributed by atoms with E-state index in [0.29, 0.717) is 5.92 Å². The van der Waals surface area contributed by atoms with Gasteiger partial charge in [0, 0.05) is 13.1 Å². The molecule has 84 valence electrons. The lowest BCUT2D eigenvalue weighted by Crippen LogP contribution is -2.45. The fraction of sp³-hybridized carbons (Fsp3) is 1.00. The molecule has 1 aliphatic rings. The highest BCUT2D eigenvalue weighted by atomic mass is 16.3. The molecule has 0 aliphatic carbocycles. The summed E-state index contributed by atoms with van der Waals surface area (Å²) in [7, 11) is 0. The minimum Gasteiger partial charge on any atom is -0.392 e. The standard InChI is InChI=1S/C11H24N2O/c1-3-11(14)8-13-5-4-9(2)10(6-12)7-13/h9-11,14H,3-8,12H2,1-2H3. The van der Waals surface area contributed by atoms with Crippen molar-refractivity contribution in [2.45, 2.75) is 32.8 Å². The van der Waals surface area contributed by atoms with Gasteiger partial charge in [0.1, 0.15) is 0 Å². The monoisotopic (exact) mass is 200 g/mol. The number of nitrogens with zero attached hydrogens (tertiary/aromatic N) is 1. The van der Waals surface area contributed by atoms with Crippen molar-refractivity contribution in [1.82, 2.24) is 4.90 Å². The predicted molar refractivity (Wildman–Crippen MR) is 59.1 cm³/mol. The van der Waals surface area contributed by atoms with Crippen LogP contribution in [0.4, 0.5) is 0 Å². The molecule has 1 fully saturated rings. The zero-order valence-corrected chi connectivity index (χ0v) is 9.45. The maximum atomic E-state index is 9.56. The summed E-state index contributed by atoms with van der Waals surface area (Å²) in [6.45, 7) is 8.09. The van der Waals surface area contributed by atoms with Crippen LogP contribution in [-0.2, 0) is 0 Å². The molecule has 3 unspecified atom stereocenters. The van der Waals surface area contributed by atoms with E-state index in [-0.39, 0.29) is 6.10 Å². The van der Waals surface area contributed by atoms with Gasteiger partial charge in [0.05, 0.1) is 6.10 Å². The molecule has 0 radical (unpaired) electrons. The summed E-state index contributed by atoms with van der Waals surface area (Å²) in [4.78, 5) is 2.35. The van der Waals surface area contributed by atoms with Crippen LogP contribution in [0.15, 0.2) is 0 Å². The molecule has 3 N–H and O–H groups in total. The fourth-order valence-electron chi connectivity index (χ4n) is 2.12. The molecule has 1 heterocycles. The highest BCUT2D eigenvalue weighted by Gasteiger charge is 2.25. The van der Waals surface area contributed by atoms with E-state index in [2.05, 4.69) is 11.8 Å². The van der Waals surface area contributed by atoms with E-state index in [4.69, 9.17) is 5.73 Å². The number of likely N-dealkylation sites (tertiary alicyclic amines) is 1. The van der Waals surface area contributed by atoms with Gasteiger partial charge in [0.25, 0.3) is 0 Å². The number of β-amino-alcohol motifs (C(OH)–C–C–N with tert-alkyl or cyclic N) is 1. The van der Waals surface area contributed by atoms with Crippen LogP contribution < -0.4 is 5.73 Å². The van der Waals surface area contributed by atoms with Crippen molar-refractivity contribution in [3.8, 4) is 0 Å². The molecule has 0 aromatic rings. The molecule has 3 atom stereocenters. The highest BCUT2D eigenvalue weighted by Crippen LogP contribution is 2.22. The predicted octanol–water partition coefficient (Wildman–Crippen LogP) is 0.674. The average Bonchev–Trinajstić information content (AvgIpc) is 2.20. The van der Waals surface area contributed by atoms with E-state index in [0.717, 1.165) is 38.5 Å². The topological polar surface area (TPSA) is 49.5 Å². The molecule has 0 bridgehead atoms. The second kappa shape index (κ2) is 5.69. The minimum absolute atomic E-state index is 0.165. The number of rotatable bonds is 4.